The molecular weight excluding hydrogens is 486 g/mol. The van der Waals surface area contributed by atoms with Crippen LogP contribution in [0.5, 0.6) is 0 Å². The number of carbonyl (C=O) groups is 1. The first-order valence-corrected chi connectivity index (χ1v) is 12.2. The molecule has 1 aromatic heterocycles. The first-order valence-electron chi connectivity index (χ1n) is 10.9. The van der Waals surface area contributed by atoms with Crippen molar-refractivity contribution in [1.29, 1.82) is 0 Å². The minimum atomic E-state index is -0.530. The van der Waals surface area contributed by atoms with Crippen molar-refractivity contribution < 1.29 is 9.53 Å². The molecule has 0 saturated carbocycles. The van der Waals surface area contributed by atoms with Gasteiger partial charge in [0.15, 0.2) is 0 Å². The predicted molar refractivity (Wildman–Crippen MR) is 135 cm³/mol. The third kappa shape index (κ3) is 4.40. The summed E-state index contributed by atoms with van der Waals surface area (Å²) in [6, 6.07) is 18.3. The van der Waals surface area contributed by atoms with E-state index in [1.54, 1.807) is 0 Å². The number of alkyl halides is 1. The molecule has 0 N–H and O–H groups in total. The molecule has 2 aromatic carbocycles. The van der Waals surface area contributed by atoms with Crippen LogP contribution in [0.3, 0.4) is 0 Å². The molecule has 1 unspecified atom stereocenters. The van der Waals surface area contributed by atoms with Crippen LogP contribution in [-0.2, 0) is 22.5 Å². The molecule has 4 rings (SSSR count). The summed E-state index contributed by atoms with van der Waals surface area (Å²) in [4.78, 5) is 13.1. The van der Waals surface area contributed by atoms with E-state index in [-0.39, 0.29) is 22.6 Å². The number of esters is 1. The van der Waals surface area contributed by atoms with Crippen LogP contribution >= 0.6 is 27.5 Å². The molecule has 1 atom stereocenters. The Morgan fingerprint density at radius 1 is 1.06 bits per heavy atom. The normalized spacial score (nSPS) is 17.3. The number of aromatic nitrogens is 1. The number of carbonyl (C=O) groups excluding carboxylic acids is 1. The van der Waals surface area contributed by atoms with E-state index in [4.69, 9.17) is 16.3 Å². The SMILES string of the molecule is CC(C)(C)OC(=O)Cc1c(-c2ccc(Cl)cc2)c(-c2ccccc2)c2n1CC(C)(C)C2Br. The van der Waals surface area contributed by atoms with Gasteiger partial charge in [0.05, 0.1) is 11.2 Å². The Morgan fingerprint density at radius 2 is 1.66 bits per heavy atom. The van der Waals surface area contributed by atoms with Crippen LogP contribution in [0.2, 0.25) is 5.02 Å². The van der Waals surface area contributed by atoms with Crippen molar-refractivity contribution in [2.24, 2.45) is 5.41 Å². The van der Waals surface area contributed by atoms with Crippen LogP contribution in [0.15, 0.2) is 54.6 Å². The molecule has 0 spiro atoms. The van der Waals surface area contributed by atoms with Gasteiger partial charge in [-0.25, -0.2) is 0 Å². The maximum Gasteiger partial charge on any atom is 0.312 e. The first kappa shape index (κ1) is 23.1. The molecule has 5 heteroatoms. The van der Waals surface area contributed by atoms with Gasteiger partial charge in [0.25, 0.3) is 0 Å². The summed E-state index contributed by atoms with van der Waals surface area (Å²) in [5.74, 6) is -0.219. The second-order valence-corrected chi connectivity index (χ2v) is 11.5. The maximum atomic E-state index is 13.0. The Kier molecular flexibility index (Phi) is 6.06. The number of halogens is 2. The van der Waals surface area contributed by atoms with E-state index in [0.29, 0.717) is 5.02 Å². The lowest BCUT2D eigenvalue weighted by Gasteiger charge is -2.24. The summed E-state index contributed by atoms with van der Waals surface area (Å²) >= 11 is 10.2. The second-order valence-electron chi connectivity index (χ2n) is 10.2. The number of hydrogen-bond acceptors (Lipinski definition) is 2. The molecule has 1 aliphatic rings. The van der Waals surface area contributed by atoms with Gasteiger partial charge in [-0.3, -0.25) is 4.79 Å². The van der Waals surface area contributed by atoms with Crippen molar-refractivity contribution >= 4 is 33.5 Å². The lowest BCUT2D eigenvalue weighted by Crippen LogP contribution is -2.26. The zero-order valence-electron chi connectivity index (χ0n) is 19.2. The van der Waals surface area contributed by atoms with Gasteiger partial charge in [0.1, 0.15) is 5.60 Å². The monoisotopic (exact) mass is 513 g/mol. The molecule has 0 fully saturated rings. The van der Waals surface area contributed by atoms with Crippen LogP contribution in [0, 0.1) is 5.41 Å². The Hall–Kier alpha value is -2.04. The Morgan fingerprint density at radius 3 is 2.25 bits per heavy atom. The summed E-state index contributed by atoms with van der Waals surface area (Å²) in [5.41, 5.74) is 6.12. The van der Waals surface area contributed by atoms with Crippen molar-refractivity contribution in [2.75, 3.05) is 0 Å². The average Bonchev–Trinajstić information content (AvgIpc) is 3.12. The third-order valence-electron chi connectivity index (χ3n) is 5.83. The van der Waals surface area contributed by atoms with Crippen molar-refractivity contribution in [2.45, 2.75) is 58.0 Å². The van der Waals surface area contributed by atoms with Crippen LogP contribution in [-0.4, -0.2) is 16.1 Å². The highest BCUT2D eigenvalue weighted by molar-refractivity contribution is 9.09. The van der Waals surface area contributed by atoms with Crippen molar-refractivity contribution in [3.8, 4) is 22.3 Å². The van der Waals surface area contributed by atoms with Crippen LogP contribution in [0.1, 0.15) is 50.8 Å². The van der Waals surface area contributed by atoms with Crippen LogP contribution in [0.25, 0.3) is 22.3 Å². The number of hydrogen-bond donors (Lipinski definition) is 0. The van der Waals surface area contributed by atoms with Crippen molar-refractivity contribution in [3.63, 3.8) is 0 Å². The largest absolute Gasteiger partial charge is 0.460 e. The standard InChI is InChI=1S/C27H29BrClNO2/c1-26(2,3)32-21(31)15-20-22(18-11-13-19(29)14-12-18)23(17-9-7-6-8-10-17)24-25(28)27(4,5)16-30(20)24/h6-14,25H,15-16H2,1-5H3. The molecular formula is C27H29BrClNO2. The smallest absolute Gasteiger partial charge is 0.312 e. The zero-order chi connectivity index (χ0) is 23.3. The first-order chi connectivity index (χ1) is 15.0. The van der Waals surface area contributed by atoms with Crippen LogP contribution < -0.4 is 0 Å². The number of fused-ring (bicyclic) bond motifs is 1. The van der Waals surface area contributed by atoms with Gasteiger partial charge in [-0.05, 0) is 44.0 Å². The Bertz CT molecular complexity index is 1140. The molecule has 0 radical (unpaired) electrons. The lowest BCUT2D eigenvalue weighted by molar-refractivity contribution is -0.154. The van der Waals surface area contributed by atoms with Crippen molar-refractivity contribution in [1.82, 2.24) is 4.57 Å². The highest BCUT2D eigenvalue weighted by Crippen LogP contribution is 2.55. The van der Waals surface area contributed by atoms with Gasteiger partial charge in [-0.15, -0.1) is 0 Å². The molecule has 168 valence electrons. The fraction of sp³-hybridized carbons (Fsp3) is 0.370. The maximum absolute atomic E-state index is 13.0. The summed E-state index contributed by atoms with van der Waals surface area (Å²) in [6.07, 6.45) is 0.213. The lowest BCUT2D eigenvalue weighted by atomic mass is 9.86. The van der Waals surface area contributed by atoms with Gasteiger partial charge in [0, 0.05) is 39.5 Å². The van der Waals surface area contributed by atoms with Gasteiger partial charge in [-0.2, -0.15) is 0 Å². The highest BCUT2D eigenvalue weighted by Gasteiger charge is 2.43. The Labute approximate surface area is 203 Å². The fourth-order valence-electron chi connectivity index (χ4n) is 4.51. The van der Waals surface area contributed by atoms with Gasteiger partial charge in [0.2, 0.25) is 0 Å². The van der Waals surface area contributed by atoms with Gasteiger partial charge < -0.3 is 9.30 Å². The van der Waals surface area contributed by atoms with Crippen molar-refractivity contribution in [3.05, 3.63) is 71.0 Å². The minimum Gasteiger partial charge on any atom is -0.460 e. The molecule has 0 bridgehead atoms. The summed E-state index contributed by atoms with van der Waals surface area (Å²) in [6.45, 7) is 11.0. The fourth-order valence-corrected chi connectivity index (χ4v) is 5.26. The van der Waals surface area contributed by atoms with E-state index in [2.05, 4.69) is 58.6 Å². The highest BCUT2D eigenvalue weighted by atomic mass is 79.9. The summed E-state index contributed by atoms with van der Waals surface area (Å²) in [5, 5.41) is 0.690. The van der Waals surface area contributed by atoms with Gasteiger partial charge in [-0.1, -0.05) is 83.8 Å². The second kappa shape index (κ2) is 8.39. The third-order valence-corrected chi connectivity index (χ3v) is 7.76. The summed E-state index contributed by atoms with van der Waals surface area (Å²) < 4.78 is 8.05. The van der Waals surface area contributed by atoms with E-state index >= 15 is 0 Å². The molecule has 0 aliphatic carbocycles. The van der Waals surface area contributed by atoms with Crippen LogP contribution in [0.4, 0.5) is 0 Å². The van der Waals surface area contributed by atoms with E-state index in [1.165, 1.54) is 11.3 Å². The van der Waals surface area contributed by atoms with Gasteiger partial charge >= 0.3 is 5.97 Å². The number of rotatable bonds is 4. The van der Waals surface area contributed by atoms with E-state index in [0.717, 1.165) is 28.9 Å². The number of ether oxygens (including phenoxy) is 1. The topological polar surface area (TPSA) is 31.2 Å². The molecule has 2 heterocycles. The molecule has 3 nitrogen and oxygen atoms in total. The predicted octanol–water partition coefficient (Wildman–Crippen LogP) is 7.84. The number of nitrogens with zero attached hydrogens (tertiary/aromatic N) is 1. The molecule has 32 heavy (non-hydrogen) atoms. The average molecular weight is 515 g/mol. The molecule has 0 saturated heterocycles. The molecule has 1 aliphatic heterocycles. The summed E-state index contributed by atoms with van der Waals surface area (Å²) in [7, 11) is 0. The van der Waals surface area contributed by atoms with E-state index in [9.17, 15) is 4.79 Å². The molecule has 3 aromatic rings. The minimum absolute atomic E-state index is 0.0140. The van der Waals surface area contributed by atoms with E-state index < -0.39 is 5.60 Å². The number of benzene rings is 2. The zero-order valence-corrected chi connectivity index (χ0v) is 21.5. The molecule has 0 amide bonds. The quantitative estimate of drug-likeness (QED) is 0.262. The van der Waals surface area contributed by atoms with E-state index in [1.807, 2.05) is 51.1 Å². The Balaban J connectivity index is 1.98.